The molecule has 14 heteroatoms. The van der Waals surface area contributed by atoms with E-state index in [9.17, 15) is 9.59 Å². The third-order valence-electron chi connectivity index (χ3n) is 5.57. The number of rotatable bonds is 6. The molecule has 0 saturated heterocycles. The van der Waals surface area contributed by atoms with Crippen LogP contribution in [-0.4, -0.2) is 43.6 Å². The van der Waals surface area contributed by atoms with E-state index in [1.54, 1.807) is 38.2 Å². The van der Waals surface area contributed by atoms with E-state index in [0.717, 1.165) is 0 Å². The molecule has 0 fully saturated rings. The molecule has 194 valence electrons. The minimum atomic E-state index is -1.34. The van der Waals surface area contributed by atoms with Gasteiger partial charge in [-0.1, -0.05) is 23.2 Å². The molecule has 3 aromatic heterocycles. The normalized spacial score (nSPS) is 12.8. The van der Waals surface area contributed by atoms with Crippen LogP contribution in [0.1, 0.15) is 27.9 Å². The van der Waals surface area contributed by atoms with Crippen LogP contribution in [-0.2, 0) is 11.8 Å². The largest absolute Gasteiger partial charge is 0.454 e. The lowest BCUT2D eigenvalue weighted by Crippen LogP contribution is -2.42. The predicted octanol–water partition coefficient (Wildman–Crippen LogP) is 4.74. The van der Waals surface area contributed by atoms with E-state index in [1.165, 1.54) is 34.1 Å². The van der Waals surface area contributed by atoms with Crippen molar-refractivity contribution in [3.8, 4) is 11.5 Å². The topological polar surface area (TPSA) is 124 Å². The van der Waals surface area contributed by atoms with Crippen molar-refractivity contribution < 1.29 is 19.1 Å². The average molecular weight is 619 g/mol. The maximum absolute atomic E-state index is 14.0. The number of benzene rings is 1. The highest BCUT2D eigenvalue weighted by atomic mass is 79.9. The van der Waals surface area contributed by atoms with E-state index < -0.39 is 17.9 Å². The Morgan fingerprint density at radius 3 is 2.61 bits per heavy atom. The van der Waals surface area contributed by atoms with Crippen molar-refractivity contribution in [2.45, 2.75) is 13.0 Å². The predicted molar refractivity (Wildman–Crippen MR) is 143 cm³/mol. The number of aromatic nitrogens is 5. The number of nitrogens with zero attached hydrogens (tertiary/aromatic N) is 6. The van der Waals surface area contributed by atoms with E-state index in [4.69, 9.17) is 32.7 Å². The summed E-state index contributed by atoms with van der Waals surface area (Å²) in [7, 11) is 1.66. The van der Waals surface area contributed by atoms with E-state index in [2.05, 4.69) is 41.5 Å². The molecular formula is C24H18BrCl2N7O4. The van der Waals surface area contributed by atoms with Crippen molar-refractivity contribution in [1.29, 1.82) is 0 Å². The number of nitrogens with one attached hydrogen (secondary N) is 1. The van der Waals surface area contributed by atoms with Crippen molar-refractivity contribution in [3.63, 3.8) is 0 Å². The Labute approximate surface area is 234 Å². The fraction of sp³-hybridized carbons (Fsp3) is 0.167. The van der Waals surface area contributed by atoms with Crippen LogP contribution < -0.4 is 19.7 Å². The summed E-state index contributed by atoms with van der Waals surface area (Å²) >= 11 is 15.9. The van der Waals surface area contributed by atoms with Crippen LogP contribution in [0.15, 0.2) is 53.3 Å². The van der Waals surface area contributed by atoms with Crippen LogP contribution in [0.25, 0.3) is 0 Å². The number of anilines is 2. The molecule has 1 aliphatic rings. The Kier molecular flexibility index (Phi) is 7.19. The van der Waals surface area contributed by atoms with Gasteiger partial charge in [-0.15, -0.1) is 10.2 Å². The average Bonchev–Trinajstić information content (AvgIpc) is 3.49. The molecule has 1 unspecified atom stereocenters. The summed E-state index contributed by atoms with van der Waals surface area (Å²) < 4.78 is 12.8. The first-order chi connectivity index (χ1) is 18.2. The molecule has 38 heavy (non-hydrogen) atoms. The van der Waals surface area contributed by atoms with Gasteiger partial charge in [0.2, 0.25) is 6.79 Å². The lowest BCUT2D eigenvalue weighted by Gasteiger charge is -2.30. The molecule has 4 aromatic rings. The first kappa shape index (κ1) is 25.9. The van der Waals surface area contributed by atoms with E-state index in [0.29, 0.717) is 27.4 Å². The SMILES string of the molecule is Cc1ncc(N(C(=O)c2ccc(Cl)nn2)C(C(=O)Nc2ccc3c(c2)OCO3)c2nn(C)cc2Cl)cc1Br. The second-order valence-electron chi connectivity index (χ2n) is 8.17. The van der Waals surface area contributed by atoms with Gasteiger partial charge in [0.05, 0.1) is 22.6 Å². The zero-order valence-electron chi connectivity index (χ0n) is 19.9. The first-order valence-corrected chi connectivity index (χ1v) is 12.6. The first-order valence-electron chi connectivity index (χ1n) is 11.1. The molecule has 0 saturated carbocycles. The third-order valence-corrected chi connectivity index (χ3v) is 6.87. The molecular weight excluding hydrogens is 601 g/mol. The number of amides is 2. The van der Waals surface area contributed by atoms with Crippen LogP contribution in [0.2, 0.25) is 10.2 Å². The van der Waals surface area contributed by atoms with Gasteiger partial charge in [0.1, 0.15) is 5.69 Å². The van der Waals surface area contributed by atoms with Crippen molar-refractivity contribution in [2.24, 2.45) is 7.05 Å². The van der Waals surface area contributed by atoms with Crippen LogP contribution in [0.4, 0.5) is 11.4 Å². The van der Waals surface area contributed by atoms with Crippen LogP contribution in [0.3, 0.4) is 0 Å². The smallest absolute Gasteiger partial charge is 0.279 e. The summed E-state index contributed by atoms with van der Waals surface area (Å²) in [6.45, 7) is 1.88. The molecule has 0 spiro atoms. The van der Waals surface area contributed by atoms with Gasteiger partial charge in [-0.3, -0.25) is 24.2 Å². The minimum absolute atomic E-state index is 0.0565. The quantitative estimate of drug-likeness (QED) is 0.329. The lowest BCUT2D eigenvalue weighted by atomic mass is 10.1. The molecule has 1 N–H and O–H groups in total. The highest BCUT2D eigenvalue weighted by molar-refractivity contribution is 9.10. The maximum atomic E-state index is 14.0. The monoisotopic (exact) mass is 617 g/mol. The minimum Gasteiger partial charge on any atom is -0.454 e. The van der Waals surface area contributed by atoms with E-state index in [-0.39, 0.29) is 34.0 Å². The van der Waals surface area contributed by atoms with Crippen molar-refractivity contribution >= 4 is 62.3 Å². The van der Waals surface area contributed by atoms with Gasteiger partial charge in [0.25, 0.3) is 11.8 Å². The van der Waals surface area contributed by atoms with Crippen LogP contribution in [0.5, 0.6) is 11.5 Å². The van der Waals surface area contributed by atoms with Gasteiger partial charge in [-0.05, 0) is 53.2 Å². The fourth-order valence-electron chi connectivity index (χ4n) is 3.78. The molecule has 11 nitrogen and oxygen atoms in total. The van der Waals surface area contributed by atoms with E-state index >= 15 is 0 Å². The molecule has 5 rings (SSSR count). The molecule has 2 amide bonds. The Balaban J connectivity index is 1.63. The summed E-state index contributed by atoms with van der Waals surface area (Å²) in [6, 6.07) is 8.12. The van der Waals surface area contributed by atoms with Gasteiger partial charge in [0, 0.05) is 29.5 Å². The molecule has 1 aromatic carbocycles. The summed E-state index contributed by atoms with van der Waals surface area (Å²) in [4.78, 5) is 33.5. The van der Waals surface area contributed by atoms with Gasteiger partial charge in [0.15, 0.2) is 28.4 Å². The van der Waals surface area contributed by atoms with Crippen LogP contribution >= 0.6 is 39.1 Å². The molecule has 4 heterocycles. The highest BCUT2D eigenvalue weighted by Crippen LogP contribution is 2.37. The summed E-state index contributed by atoms with van der Waals surface area (Å²) in [6.07, 6.45) is 3.00. The molecule has 0 bridgehead atoms. The highest BCUT2D eigenvalue weighted by Gasteiger charge is 2.38. The summed E-state index contributed by atoms with van der Waals surface area (Å²) in [5.41, 5.74) is 1.47. The van der Waals surface area contributed by atoms with Gasteiger partial charge < -0.3 is 14.8 Å². The van der Waals surface area contributed by atoms with Crippen molar-refractivity contribution in [2.75, 3.05) is 17.0 Å². The molecule has 0 aliphatic carbocycles. The third kappa shape index (κ3) is 5.15. The number of hydrogen-bond acceptors (Lipinski definition) is 8. The van der Waals surface area contributed by atoms with Gasteiger partial charge in [-0.2, -0.15) is 5.10 Å². The number of carbonyl (C=O) groups excluding carboxylic acids is 2. The Hall–Kier alpha value is -3.74. The number of ether oxygens (including phenoxy) is 2. The van der Waals surface area contributed by atoms with Crippen molar-refractivity contribution in [1.82, 2.24) is 25.0 Å². The number of fused-ring (bicyclic) bond motifs is 1. The Morgan fingerprint density at radius 1 is 1.13 bits per heavy atom. The second-order valence-corrected chi connectivity index (χ2v) is 9.82. The number of pyridine rings is 1. The number of hydrogen-bond donors (Lipinski definition) is 1. The number of halogens is 3. The Bertz CT molecular complexity index is 1550. The van der Waals surface area contributed by atoms with Crippen molar-refractivity contribution in [3.05, 3.63) is 80.5 Å². The molecule has 1 atom stereocenters. The number of aryl methyl sites for hydroxylation is 2. The second kappa shape index (κ2) is 10.6. The molecule has 1 aliphatic heterocycles. The summed E-state index contributed by atoms with van der Waals surface area (Å²) in [5.74, 6) is -0.219. The van der Waals surface area contributed by atoms with Crippen LogP contribution in [0, 0.1) is 6.92 Å². The summed E-state index contributed by atoms with van der Waals surface area (Å²) in [5, 5.41) is 15.2. The zero-order valence-corrected chi connectivity index (χ0v) is 23.0. The van der Waals surface area contributed by atoms with Gasteiger partial charge >= 0.3 is 0 Å². The maximum Gasteiger partial charge on any atom is 0.279 e. The van der Waals surface area contributed by atoms with Gasteiger partial charge in [-0.25, -0.2) is 0 Å². The molecule has 0 radical (unpaired) electrons. The van der Waals surface area contributed by atoms with E-state index in [1.807, 2.05) is 0 Å². The standard InChI is InChI=1S/C24H18BrCl2N7O4/c1-12-15(25)8-14(9-28-12)34(24(36)17-4-6-20(27)31-30-17)22(21-16(26)10-33(2)32-21)23(35)29-13-3-5-18-19(7-13)38-11-37-18/h3-10,22H,11H2,1-2H3,(H,29,35). The zero-order chi connectivity index (χ0) is 27.0. The number of carbonyl (C=O) groups is 2. The fourth-order valence-corrected chi connectivity index (χ4v) is 4.50. The lowest BCUT2D eigenvalue weighted by molar-refractivity contribution is -0.117. The Morgan fingerprint density at radius 2 is 1.92 bits per heavy atom.